The quantitative estimate of drug-likeness (QED) is 0.908. The highest BCUT2D eigenvalue weighted by atomic mass is 79.9. The standard InChI is InChI=1S/C10H13BrFNO/c1-6(5-13)7-3-8(11)10(14-2)9(12)4-7/h3-4,6H,5,13H2,1-2H3. The van der Waals surface area contributed by atoms with Crippen LogP contribution in [0.5, 0.6) is 5.75 Å². The Morgan fingerprint density at radius 2 is 2.21 bits per heavy atom. The van der Waals surface area contributed by atoms with Crippen molar-refractivity contribution in [3.63, 3.8) is 0 Å². The van der Waals surface area contributed by atoms with Crippen molar-refractivity contribution in [2.45, 2.75) is 12.8 Å². The molecule has 2 nitrogen and oxygen atoms in total. The molecule has 4 heteroatoms. The Morgan fingerprint density at radius 3 is 2.64 bits per heavy atom. The van der Waals surface area contributed by atoms with Crippen molar-refractivity contribution in [1.82, 2.24) is 0 Å². The molecule has 1 aromatic carbocycles. The first-order valence-electron chi connectivity index (χ1n) is 4.33. The zero-order chi connectivity index (χ0) is 10.7. The van der Waals surface area contributed by atoms with Gasteiger partial charge in [-0.2, -0.15) is 0 Å². The van der Waals surface area contributed by atoms with E-state index >= 15 is 0 Å². The third kappa shape index (κ3) is 2.25. The SMILES string of the molecule is COc1c(F)cc(C(C)CN)cc1Br. The van der Waals surface area contributed by atoms with Crippen molar-refractivity contribution < 1.29 is 9.13 Å². The Balaban J connectivity index is 3.13. The summed E-state index contributed by atoms with van der Waals surface area (Å²) in [4.78, 5) is 0. The van der Waals surface area contributed by atoms with Gasteiger partial charge in [-0.05, 0) is 46.1 Å². The molecule has 1 rings (SSSR count). The van der Waals surface area contributed by atoms with E-state index in [1.54, 1.807) is 0 Å². The van der Waals surface area contributed by atoms with Gasteiger partial charge in [0.25, 0.3) is 0 Å². The Bertz CT molecular complexity index is 307. The fourth-order valence-corrected chi connectivity index (χ4v) is 1.81. The molecular formula is C10H13BrFNO. The Labute approximate surface area is 91.4 Å². The lowest BCUT2D eigenvalue weighted by atomic mass is 10.0. The molecule has 0 aliphatic heterocycles. The molecule has 0 saturated carbocycles. The molecular weight excluding hydrogens is 249 g/mol. The normalized spacial score (nSPS) is 12.6. The number of nitrogens with two attached hydrogens (primary N) is 1. The Hall–Kier alpha value is -0.610. The third-order valence-corrected chi connectivity index (χ3v) is 2.74. The van der Waals surface area contributed by atoms with E-state index in [0.717, 1.165) is 5.56 Å². The first kappa shape index (κ1) is 11.5. The molecule has 2 N–H and O–H groups in total. The van der Waals surface area contributed by atoms with Crippen LogP contribution in [0.4, 0.5) is 4.39 Å². The van der Waals surface area contributed by atoms with Crippen molar-refractivity contribution in [1.29, 1.82) is 0 Å². The van der Waals surface area contributed by atoms with Crippen LogP contribution in [-0.2, 0) is 0 Å². The predicted octanol–water partition coefficient (Wildman–Crippen LogP) is 2.66. The number of ether oxygens (including phenoxy) is 1. The van der Waals surface area contributed by atoms with E-state index in [4.69, 9.17) is 10.5 Å². The van der Waals surface area contributed by atoms with E-state index in [2.05, 4.69) is 15.9 Å². The maximum absolute atomic E-state index is 13.4. The molecule has 0 radical (unpaired) electrons. The minimum atomic E-state index is -0.364. The topological polar surface area (TPSA) is 35.2 Å². The average molecular weight is 262 g/mol. The summed E-state index contributed by atoms with van der Waals surface area (Å²) in [6, 6.07) is 3.29. The lowest BCUT2D eigenvalue weighted by Gasteiger charge is -2.12. The van der Waals surface area contributed by atoms with Gasteiger partial charge < -0.3 is 10.5 Å². The van der Waals surface area contributed by atoms with Gasteiger partial charge in [-0.15, -0.1) is 0 Å². The summed E-state index contributed by atoms with van der Waals surface area (Å²) < 4.78 is 18.9. The van der Waals surface area contributed by atoms with Crippen LogP contribution in [-0.4, -0.2) is 13.7 Å². The van der Waals surface area contributed by atoms with E-state index in [1.165, 1.54) is 13.2 Å². The summed E-state index contributed by atoms with van der Waals surface area (Å²) in [7, 11) is 1.44. The molecule has 0 spiro atoms. The summed E-state index contributed by atoms with van der Waals surface area (Å²) in [5.41, 5.74) is 6.38. The summed E-state index contributed by atoms with van der Waals surface area (Å²) in [5.74, 6) is 0.0156. The molecule has 0 amide bonds. The van der Waals surface area contributed by atoms with Crippen LogP contribution in [0, 0.1) is 5.82 Å². The molecule has 0 heterocycles. The lowest BCUT2D eigenvalue weighted by molar-refractivity contribution is 0.383. The van der Waals surface area contributed by atoms with E-state index in [1.807, 2.05) is 13.0 Å². The minimum Gasteiger partial charge on any atom is -0.492 e. The Kier molecular flexibility index (Phi) is 3.89. The fourth-order valence-electron chi connectivity index (χ4n) is 1.20. The maximum Gasteiger partial charge on any atom is 0.168 e. The molecule has 0 aromatic heterocycles. The number of hydrogen-bond donors (Lipinski definition) is 1. The minimum absolute atomic E-state index is 0.145. The number of methoxy groups -OCH3 is 1. The largest absolute Gasteiger partial charge is 0.492 e. The van der Waals surface area contributed by atoms with Crippen molar-refractivity contribution in [2.75, 3.05) is 13.7 Å². The summed E-state index contributed by atoms with van der Waals surface area (Å²) in [6.45, 7) is 2.45. The smallest absolute Gasteiger partial charge is 0.168 e. The molecule has 1 unspecified atom stereocenters. The highest BCUT2D eigenvalue weighted by molar-refractivity contribution is 9.10. The summed E-state index contributed by atoms with van der Waals surface area (Å²) >= 11 is 3.25. The molecule has 14 heavy (non-hydrogen) atoms. The first-order chi connectivity index (χ1) is 6.60. The monoisotopic (exact) mass is 261 g/mol. The molecule has 0 bridgehead atoms. The Morgan fingerprint density at radius 1 is 1.57 bits per heavy atom. The summed E-state index contributed by atoms with van der Waals surface area (Å²) in [6.07, 6.45) is 0. The van der Waals surface area contributed by atoms with Gasteiger partial charge in [0.05, 0.1) is 11.6 Å². The van der Waals surface area contributed by atoms with E-state index in [0.29, 0.717) is 11.0 Å². The highest BCUT2D eigenvalue weighted by Gasteiger charge is 2.12. The molecule has 0 aliphatic rings. The van der Waals surface area contributed by atoms with Crippen LogP contribution < -0.4 is 10.5 Å². The van der Waals surface area contributed by atoms with Gasteiger partial charge in [-0.3, -0.25) is 0 Å². The predicted molar refractivity (Wildman–Crippen MR) is 58.1 cm³/mol. The van der Waals surface area contributed by atoms with Crippen LogP contribution in [0.2, 0.25) is 0 Å². The molecule has 1 aromatic rings. The van der Waals surface area contributed by atoms with E-state index in [9.17, 15) is 4.39 Å². The second kappa shape index (κ2) is 4.75. The van der Waals surface area contributed by atoms with Crippen molar-refractivity contribution in [3.05, 3.63) is 28.0 Å². The van der Waals surface area contributed by atoms with Crippen molar-refractivity contribution >= 4 is 15.9 Å². The molecule has 78 valence electrons. The van der Waals surface area contributed by atoms with Crippen LogP contribution >= 0.6 is 15.9 Å². The van der Waals surface area contributed by atoms with Gasteiger partial charge >= 0.3 is 0 Å². The van der Waals surface area contributed by atoms with E-state index in [-0.39, 0.29) is 17.5 Å². The number of hydrogen-bond acceptors (Lipinski definition) is 2. The number of halogens is 2. The zero-order valence-electron chi connectivity index (χ0n) is 8.18. The van der Waals surface area contributed by atoms with Crippen molar-refractivity contribution in [3.8, 4) is 5.75 Å². The molecule has 1 atom stereocenters. The van der Waals surface area contributed by atoms with Gasteiger partial charge in [0, 0.05) is 0 Å². The fraction of sp³-hybridized carbons (Fsp3) is 0.400. The maximum atomic E-state index is 13.4. The second-order valence-corrected chi connectivity index (χ2v) is 4.01. The number of benzene rings is 1. The number of rotatable bonds is 3. The van der Waals surface area contributed by atoms with Gasteiger partial charge in [-0.25, -0.2) is 4.39 Å². The average Bonchev–Trinajstić information content (AvgIpc) is 2.16. The second-order valence-electron chi connectivity index (χ2n) is 3.15. The summed E-state index contributed by atoms with van der Waals surface area (Å²) in [5, 5.41) is 0. The highest BCUT2D eigenvalue weighted by Crippen LogP contribution is 2.31. The van der Waals surface area contributed by atoms with Gasteiger partial charge in [0.1, 0.15) is 0 Å². The first-order valence-corrected chi connectivity index (χ1v) is 5.12. The van der Waals surface area contributed by atoms with Crippen molar-refractivity contribution in [2.24, 2.45) is 5.73 Å². The van der Waals surface area contributed by atoms with Crippen LogP contribution in [0.25, 0.3) is 0 Å². The van der Waals surface area contributed by atoms with Gasteiger partial charge in [0.15, 0.2) is 11.6 Å². The molecule has 0 fully saturated rings. The van der Waals surface area contributed by atoms with Gasteiger partial charge in [0.2, 0.25) is 0 Å². The van der Waals surface area contributed by atoms with E-state index < -0.39 is 0 Å². The van der Waals surface area contributed by atoms with Crippen LogP contribution in [0.1, 0.15) is 18.4 Å². The van der Waals surface area contributed by atoms with Crippen LogP contribution in [0.15, 0.2) is 16.6 Å². The lowest BCUT2D eigenvalue weighted by Crippen LogP contribution is -2.09. The molecule has 0 aliphatic carbocycles. The zero-order valence-corrected chi connectivity index (χ0v) is 9.77. The molecule has 0 saturated heterocycles. The van der Waals surface area contributed by atoms with Crippen LogP contribution in [0.3, 0.4) is 0 Å². The third-order valence-electron chi connectivity index (χ3n) is 2.15. The van der Waals surface area contributed by atoms with Gasteiger partial charge in [-0.1, -0.05) is 6.92 Å².